The number of hydrogen-bond donors (Lipinski definition) is 1. The van der Waals surface area contributed by atoms with Gasteiger partial charge in [0.2, 0.25) is 0 Å². The van der Waals surface area contributed by atoms with Crippen molar-refractivity contribution in [2.75, 3.05) is 32.1 Å². The first-order chi connectivity index (χ1) is 9.65. The molecule has 1 aromatic heterocycles. The minimum atomic E-state index is -0.128. The standard InChI is InChI=1S/C14H20ClN3O2/c1-3-16-12-7-6-11(15)13(17-12)14(19)18-8-4-5-10(9-18)20-2/h6-7,10H,3-5,8-9H2,1-2H3,(H,16,17). The second-order valence-electron chi connectivity index (χ2n) is 4.81. The van der Waals surface area contributed by atoms with Crippen molar-refractivity contribution in [3.05, 3.63) is 22.8 Å². The molecule has 0 aromatic carbocycles. The van der Waals surface area contributed by atoms with Crippen LogP contribution in [0.3, 0.4) is 0 Å². The lowest BCUT2D eigenvalue weighted by Crippen LogP contribution is -2.43. The van der Waals surface area contributed by atoms with Gasteiger partial charge in [0.1, 0.15) is 11.5 Å². The van der Waals surface area contributed by atoms with Crippen LogP contribution >= 0.6 is 11.6 Å². The molecule has 1 atom stereocenters. The Kier molecular flexibility index (Phi) is 5.20. The number of carbonyl (C=O) groups excluding carboxylic acids is 1. The number of hydrogen-bond acceptors (Lipinski definition) is 4. The van der Waals surface area contributed by atoms with E-state index in [1.807, 2.05) is 6.92 Å². The van der Waals surface area contributed by atoms with Gasteiger partial charge in [-0.05, 0) is 31.9 Å². The maximum atomic E-state index is 12.5. The Morgan fingerprint density at radius 3 is 3.10 bits per heavy atom. The zero-order valence-electron chi connectivity index (χ0n) is 11.9. The number of rotatable bonds is 4. The van der Waals surface area contributed by atoms with Crippen molar-refractivity contribution in [3.8, 4) is 0 Å². The summed E-state index contributed by atoms with van der Waals surface area (Å²) in [5.74, 6) is 0.539. The third-order valence-corrected chi connectivity index (χ3v) is 3.71. The first-order valence-electron chi connectivity index (χ1n) is 6.88. The molecular formula is C14H20ClN3O2. The van der Waals surface area contributed by atoms with E-state index >= 15 is 0 Å². The summed E-state index contributed by atoms with van der Waals surface area (Å²) in [6.45, 7) is 4.05. The highest BCUT2D eigenvalue weighted by Crippen LogP contribution is 2.21. The van der Waals surface area contributed by atoms with Crippen LogP contribution in [0.4, 0.5) is 5.82 Å². The van der Waals surface area contributed by atoms with Crippen LogP contribution in [0, 0.1) is 0 Å². The number of nitrogens with zero attached hydrogens (tertiary/aromatic N) is 2. The lowest BCUT2D eigenvalue weighted by Gasteiger charge is -2.31. The summed E-state index contributed by atoms with van der Waals surface area (Å²) in [4.78, 5) is 18.6. The molecule has 1 aliphatic heterocycles. The highest BCUT2D eigenvalue weighted by Gasteiger charge is 2.26. The molecule has 1 aliphatic rings. The number of anilines is 1. The summed E-state index contributed by atoms with van der Waals surface area (Å²) in [5.41, 5.74) is 0.307. The van der Waals surface area contributed by atoms with E-state index in [0.29, 0.717) is 23.1 Å². The fraction of sp³-hybridized carbons (Fsp3) is 0.571. The van der Waals surface area contributed by atoms with E-state index in [1.54, 1.807) is 24.1 Å². The molecule has 110 valence electrons. The fourth-order valence-corrected chi connectivity index (χ4v) is 2.52. The minimum Gasteiger partial charge on any atom is -0.380 e. The molecule has 2 heterocycles. The Hall–Kier alpha value is -1.33. The summed E-state index contributed by atoms with van der Waals surface area (Å²) in [6.07, 6.45) is 2.02. The molecule has 1 unspecified atom stereocenters. The Morgan fingerprint density at radius 1 is 1.60 bits per heavy atom. The number of pyridine rings is 1. The quantitative estimate of drug-likeness (QED) is 0.927. The van der Waals surface area contributed by atoms with Crippen LogP contribution in [-0.2, 0) is 4.74 Å². The number of ether oxygens (including phenoxy) is 1. The van der Waals surface area contributed by atoms with Crippen LogP contribution in [0.1, 0.15) is 30.3 Å². The molecule has 1 amide bonds. The first-order valence-corrected chi connectivity index (χ1v) is 7.26. The lowest BCUT2D eigenvalue weighted by molar-refractivity contribution is 0.0266. The number of piperidine rings is 1. The minimum absolute atomic E-state index is 0.100. The van der Waals surface area contributed by atoms with Gasteiger partial charge in [0.05, 0.1) is 11.1 Å². The van der Waals surface area contributed by atoms with E-state index in [0.717, 1.165) is 25.9 Å². The van der Waals surface area contributed by atoms with Crippen LogP contribution in [0.15, 0.2) is 12.1 Å². The van der Waals surface area contributed by atoms with Crippen molar-refractivity contribution in [1.29, 1.82) is 0 Å². The van der Waals surface area contributed by atoms with Gasteiger partial charge in [0.15, 0.2) is 0 Å². The maximum absolute atomic E-state index is 12.5. The topological polar surface area (TPSA) is 54.5 Å². The average Bonchev–Trinajstić information content (AvgIpc) is 2.49. The Bertz CT molecular complexity index is 481. The average molecular weight is 298 g/mol. The van der Waals surface area contributed by atoms with Gasteiger partial charge >= 0.3 is 0 Å². The maximum Gasteiger partial charge on any atom is 0.274 e. The zero-order valence-corrected chi connectivity index (χ0v) is 12.6. The van der Waals surface area contributed by atoms with Gasteiger partial charge in [-0.15, -0.1) is 0 Å². The summed E-state index contributed by atoms with van der Waals surface area (Å²) in [5, 5.41) is 3.47. The summed E-state index contributed by atoms with van der Waals surface area (Å²) in [6, 6.07) is 3.48. The monoisotopic (exact) mass is 297 g/mol. The normalized spacial score (nSPS) is 18.9. The third kappa shape index (κ3) is 3.41. The smallest absolute Gasteiger partial charge is 0.274 e. The number of aromatic nitrogens is 1. The molecule has 1 N–H and O–H groups in total. The van der Waals surface area contributed by atoms with Gasteiger partial charge in [-0.25, -0.2) is 4.98 Å². The van der Waals surface area contributed by atoms with Gasteiger partial charge < -0.3 is 15.0 Å². The van der Waals surface area contributed by atoms with E-state index in [4.69, 9.17) is 16.3 Å². The number of amides is 1. The van der Waals surface area contributed by atoms with E-state index in [9.17, 15) is 4.79 Å². The molecule has 5 nitrogen and oxygen atoms in total. The molecule has 2 rings (SSSR count). The van der Waals surface area contributed by atoms with E-state index < -0.39 is 0 Å². The van der Waals surface area contributed by atoms with Gasteiger partial charge in [0.25, 0.3) is 5.91 Å². The number of methoxy groups -OCH3 is 1. The van der Waals surface area contributed by atoms with Gasteiger partial charge in [-0.2, -0.15) is 0 Å². The fourth-order valence-electron chi connectivity index (χ4n) is 2.34. The summed E-state index contributed by atoms with van der Waals surface area (Å²) >= 11 is 6.11. The lowest BCUT2D eigenvalue weighted by atomic mass is 10.1. The largest absolute Gasteiger partial charge is 0.380 e. The van der Waals surface area contributed by atoms with Crippen LogP contribution in [0.5, 0.6) is 0 Å². The summed E-state index contributed by atoms with van der Waals surface area (Å²) in [7, 11) is 1.68. The molecule has 1 aromatic rings. The first kappa shape index (κ1) is 15.1. The van der Waals surface area contributed by atoms with Crippen LogP contribution < -0.4 is 5.32 Å². The van der Waals surface area contributed by atoms with E-state index in [-0.39, 0.29) is 12.0 Å². The predicted molar refractivity (Wildman–Crippen MR) is 79.3 cm³/mol. The van der Waals surface area contributed by atoms with Crippen molar-refractivity contribution in [3.63, 3.8) is 0 Å². The number of likely N-dealkylation sites (tertiary alicyclic amines) is 1. The van der Waals surface area contributed by atoms with Crippen LogP contribution in [0.2, 0.25) is 5.02 Å². The molecule has 6 heteroatoms. The molecular weight excluding hydrogens is 278 g/mol. The van der Waals surface area contributed by atoms with Crippen molar-refractivity contribution in [2.45, 2.75) is 25.9 Å². The van der Waals surface area contributed by atoms with E-state index in [2.05, 4.69) is 10.3 Å². The second-order valence-corrected chi connectivity index (χ2v) is 5.22. The Labute approximate surface area is 124 Å². The molecule has 20 heavy (non-hydrogen) atoms. The molecule has 0 spiro atoms. The molecule has 0 radical (unpaired) electrons. The SMILES string of the molecule is CCNc1ccc(Cl)c(C(=O)N2CCCC(OC)C2)n1. The van der Waals surface area contributed by atoms with Gasteiger partial charge in [0, 0.05) is 26.7 Å². The molecule has 1 saturated heterocycles. The van der Waals surface area contributed by atoms with Gasteiger partial charge in [-0.1, -0.05) is 11.6 Å². The Morgan fingerprint density at radius 2 is 2.40 bits per heavy atom. The number of nitrogens with one attached hydrogen (secondary N) is 1. The molecule has 0 aliphatic carbocycles. The third-order valence-electron chi connectivity index (χ3n) is 3.41. The van der Waals surface area contributed by atoms with Crippen molar-refractivity contribution >= 4 is 23.3 Å². The second kappa shape index (κ2) is 6.90. The van der Waals surface area contributed by atoms with Crippen LogP contribution in [0.25, 0.3) is 0 Å². The van der Waals surface area contributed by atoms with Crippen molar-refractivity contribution in [2.24, 2.45) is 0 Å². The number of halogens is 1. The van der Waals surface area contributed by atoms with Crippen LogP contribution in [-0.4, -0.2) is 48.6 Å². The highest BCUT2D eigenvalue weighted by atomic mass is 35.5. The predicted octanol–water partition coefficient (Wildman–Crippen LogP) is 2.42. The highest BCUT2D eigenvalue weighted by molar-refractivity contribution is 6.33. The van der Waals surface area contributed by atoms with Crippen molar-refractivity contribution < 1.29 is 9.53 Å². The van der Waals surface area contributed by atoms with E-state index in [1.165, 1.54) is 0 Å². The van der Waals surface area contributed by atoms with Crippen molar-refractivity contribution in [1.82, 2.24) is 9.88 Å². The molecule has 1 fully saturated rings. The zero-order chi connectivity index (χ0) is 14.5. The summed E-state index contributed by atoms with van der Waals surface area (Å²) < 4.78 is 5.34. The van der Waals surface area contributed by atoms with Gasteiger partial charge in [-0.3, -0.25) is 4.79 Å². The molecule has 0 saturated carbocycles. The Balaban J connectivity index is 2.17. The molecule has 0 bridgehead atoms. The number of carbonyl (C=O) groups is 1.